The van der Waals surface area contributed by atoms with E-state index in [2.05, 4.69) is 5.32 Å². The molecule has 8 heteroatoms. The average Bonchev–Trinajstić information content (AvgIpc) is 2.93. The number of fused-ring (bicyclic) bond motifs is 1. The van der Waals surface area contributed by atoms with Gasteiger partial charge in [-0.2, -0.15) is 13.2 Å². The summed E-state index contributed by atoms with van der Waals surface area (Å²) in [4.78, 5) is 25.8. The molecule has 1 aromatic carbocycles. The van der Waals surface area contributed by atoms with Gasteiger partial charge in [-0.1, -0.05) is 12.1 Å². The van der Waals surface area contributed by atoms with Crippen LogP contribution in [0.4, 0.5) is 18.0 Å². The third-order valence-corrected chi connectivity index (χ3v) is 6.93. The van der Waals surface area contributed by atoms with Crippen LogP contribution >= 0.6 is 0 Å². The van der Waals surface area contributed by atoms with Crippen LogP contribution in [0.5, 0.6) is 0 Å². The SMILES string of the molecule is Cc1ccc([C@H]2[C@@H]3CN(C(=O)C4CC5(COC(=O)N5)C4)C[C@@H]32)cc1C(F)(F)F. The lowest BCUT2D eigenvalue weighted by Gasteiger charge is -2.43. The molecule has 4 fully saturated rings. The molecule has 28 heavy (non-hydrogen) atoms. The average molecular weight is 394 g/mol. The molecule has 150 valence electrons. The molecular formula is C20H21F3N2O3. The van der Waals surface area contributed by atoms with Crippen molar-refractivity contribution in [1.29, 1.82) is 0 Å². The van der Waals surface area contributed by atoms with Gasteiger partial charge in [-0.3, -0.25) is 4.79 Å². The number of alkyl halides is 3. The number of carbonyl (C=O) groups excluding carboxylic acids is 2. The van der Waals surface area contributed by atoms with Crippen molar-refractivity contribution >= 4 is 12.0 Å². The molecule has 2 saturated carbocycles. The molecule has 2 aliphatic carbocycles. The van der Waals surface area contributed by atoms with Gasteiger partial charge in [-0.25, -0.2) is 4.79 Å². The number of cyclic esters (lactones) is 1. The number of aryl methyl sites for hydroxylation is 1. The summed E-state index contributed by atoms with van der Waals surface area (Å²) in [7, 11) is 0. The molecule has 2 heterocycles. The first-order valence-corrected chi connectivity index (χ1v) is 9.58. The monoisotopic (exact) mass is 394 g/mol. The smallest absolute Gasteiger partial charge is 0.416 e. The van der Waals surface area contributed by atoms with E-state index in [0.717, 1.165) is 5.56 Å². The van der Waals surface area contributed by atoms with Crippen molar-refractivity contribution in [3.63, 3.8) is 0 Å². The highest BCUT2D eigenvalue weighted by atomic mass is 19.4. The zero-order chi connectivity index (χ0) is 19.8. The second-order valence-electron chi connectivity index (χ2n) is 8.76. The highest BCUT2D eigenvalue weighted by molar-refractivity contribution is 5.82. The molecule has 0 aromatic heterocycles. The van der Waals surface area contributed by atoms with Crippen molar-refractivity contribution in [2.45, 2.75) is 37.4 Å². The molecule has 2 aliphatic heterocycles. The first-order chi connectivity index (χ1) is 13.2. The topological polar surface area (TPSA) is 58.6 Å². The van der Waals surface area contributed by atoms with Crippen molar-refractivity contribution in [3.05, 3.63) is 34.9 Å². The van der Waals surface area contributed by atoms with Crippen molar-refractivity contribution in [3.8, 4) is 0 Å². The quantitative estimate of drug-likeness (QED) is 0.839. The summed E-state index contributed by atoms with van der Waals surface area (Å²) in [6.45, 7) is 3.01. The van der Waals surface area contributed by atoms with Crippen LogP contribution in [0.25, 0.3) is 0 Å². The zero-order valence-electron chi connectivity index (χ0n) is 15.4. The van der Waals surface area contributed by atoms with Gasteiger partial charge in [0, 0.05) is 19.0 Å². The molecule has 2 saturated heterocycles. The summed E-state index contributed by atoms with van der Waals surface area (Å²) in [5.74, 6) is 0.598. The van der Waals surface area contributed by atoms with Gasteiger partial charge in [0.25, 0.3) is 0 Å². The van der Waals surface area contributed by atoms with Gasteiger partial charge >= 0.3 is 12.3 Å². The number of hydrogen-bond donors (Lipinski definition) is 1. The van der Waals surface area contributed by atoms with Crippen LogP contribution < -0.4 is 5.32 Å². The first-order valence-electron chi connectivity index (χ1n) is 9.58. The highest BCUT2D eigenvalue weighted by Crippen LogP contribution is 2.59. The van der Waals surface area contributed by atoms with Crippen LogP contribution in [0.15, 0.2) is 18.2 Å². The van der Waals surface area contributed by atoms with E-state index in [4.69, 9.17) is 4.74 Å². The van der Waals surface area contributed by atoms with Gasteiger partial charge in [0.15, 0.2) is 0 Å². The summed E-state index contributed by atoms with van der Waals surface area (Å²) >= 11 is 0. The Bertz CT molecular complexity index is 851. The predicted molar refractivity (Wildman–Crippen MR) is 92.4 cm³/mol. The Morgan fingerprint density at radius 2 is 1.93 bits per heavy atom. The van der Waals surface area contributed by atoms with E-state index in [-0.39, 0.29) is 40.7 Å². The molecule has 0 bridgehead atoms. The van der Waals surface area contributed by atoms with Crippen LogP contribution in [0.2, 0.25) is 0 Å². The molecule has 3 atom stereocenters. The van der Waals surface area contributed by atoms with Crippen LogP contribution in [0.1, 0.15) is 35.4 Å². The molecule has 2 amide bonds. The second kappa shape index (κ2) is 5.64. The zero-order valence-corrected chi connectivity index (χ0v) is 15.4. The lowest BCUT2D eigenvalue weighted by atomic mass is 9.68. The maximum atomic E-state index is 13.2. The Hall–Kier alpha value is -2.25. The number of ether oxygens (including phenoxy) is 1. The van der Waals surface area contributed by atoms with Gasteiger partial charge in [-0.05, 0) is 54.7 Å². The van der Waals surface area contributed by atoms with Crippen LogP contribution in [-0.2, 0) is 15.7 Å². The Balaban J connectivity index is 1.20. The minimum absolute atomic E-state index is 0.0950. The minimum Gasteiger partial charge on any atom is -0.447 e. The van der Waals surface area contributed by atoms with E-state index < -0.39 is 17.8 Å². The largest absolute Gasteiger partial charge is 0.447 e. The number of nitrogens with one attached hydrogen (secondary N) is 1. The lowest BCUT2D eigenvalue weighted by Crippen LogP contribution is -2.58. The molecule has 0 unspecified atom stereocenters. The molecule has 5 nitrogen and oxygen atoms in total. The number of amides is 2. The van der Waals surface area contributed by atoms with E-state index in [1.165, 1.54) is 13.0 Å². The van der Waals surface area contributed by atoms with Crippen molar-refractivity contribution in [1.82, 2.24) is 10.2 Å². The normalized spacial score (nSPS) is 36.0. The number of alkyl carbamates (subject to hydrolysis) is 1. The van der Waals surface area contributed by atoms with Crippen molar-refractivity contribution in [2.24, 2.45) is 17.8 Å². The van der Waals surface area contributed by atoms with Gasteiger partial charge in [0.1, 0.15) is 6.61 Å². The summed E-state index contributed by atoms with van der Waals surface area (Å²) in [5, 5.41) is 2.79. The highest BCUT2D eigenvalue weighted by Gasteiger charge is 2.60. The summed E-state index contributed by atoms with van der Waals surface area (Å²) in [6, 6.07) is 4.61. The Morgan fingerprint density at radius 3 is 2.50 bits per heavy atom. The molecule has 5 rings (SSSR count). The number of rotatable bonds is 2. The number of carbonyl (C=O) groups is 2. The third-order valence-electron chi connectivity index (χ3n) is 6.93. The third kappa shape index (κ3) is 2.68. The van der Waals surface area contributed by atoms with Crippen LogP contribution in [-0.4, -0.2) is 42.1 Å². The predicted octanol–water partition coefficient (Wildman–Crippen LogP) is 3.07. The molecular weight excluding hydrogens is 373 g/mol. The standard InChI is InChI=1S/C20H21F3N2O3/c1-10-2-3-11(4-15(10)20(21,22)23)16-13-7-25(8-14(13)16)17(26)12-5-19(6-12)9-28-18(27)24-19/h2-4,12-14,16H,5-9H2,1H3,(H,24,27)/t12?,13-,14+,16+,19?. The van der Waals surface area contributed by atoms with Crippen molar-refractivity contribution in [2.75, 3.05) is 19.7 Å². The van der Waals surface area contributed by atoms with E-state index in [1.807, 2.05) is 4.90 Å². The van der Waals surface area contributed by atoms with Gasteiger partial charge < -0.3 is 15.0 Å². The minimum atomic E-state index is -4.34. The fourth-order valence-corrected chi connectivity index (χ4v) is 5.38. The second-order valence-corrected chi connectivity index (χ2v) is 8.76. The number of halogens is 3. The van der Waals surface area contributed by atoms with E-state index in [0.29, 0.717) is 32.5 Å². The Kier molecular flexibility index (Phi) is 3.59. The number of nitrogens with zero attached hydrogens (tertiary/aromatic N) is 1. The van der Waals surface area contributed by atoms with E-state index >= 15 is 0 Å². The summed E-state index contributed by atoms with van der Waals surface area (Å²) in [6.07, 6.45) is -3.57. The number of piperidine rings is 1. The molecule has 1 aromatic rings. The fourth-order valence-electron chi connectivity index (χ4n) is 5.38. The molecule has 4 aliphatic rings. The fraction of sp³-hybridized carbons (Fsp3) is 0.600. The molecule has 0 radical (unpaired) electrons. The summed E-state index contributed by atoms with van der Waals surface area (Å²) in [5.41, 5.74) is 0.0241. The maximum Gasteiger partial charge on any atom is 0.416 e. The van der Waals surface area contributed by atoms with Gasteiger partial charge in [0.05, 0.1) is 11.1 Å². The van der Waals surface area contributed by atoms with Crippen LogP contribution in [0.3, 0.4) is 0 Å². The maximum absolute atomic E-state index is 13.2. The lowest BCUT2D eigenvalue weighted by molar-refractivity contribution is -0.140. The number of hydrogen-bond acceptors (Lipinski definition) is 3. The van der Waals surface area contributed by atoms with E-state index in [9.17, 15) is 22.8 Å². The Morgan fingerprint density at radius 1 is 1.25 bits per heavy atom. The Labute approximate surface area is 160 Å². The first kappa shape index (κ1) is 17.8. The van der Waals surface area contributed by atoms with Gasteiger partial charge in [0.2, 0.25) is 5.91 Å². The number of likely N-dealkylation sites (tertiary alicyclic amines) is 1. The van der Waals surface area contributed by atoms with Crippen molar-refractivity contribution < 1.29 is 27.5 Å². The molecule has 1 N–H and O–H groups in total. The van der Waals surface area contributed by atoms with Gasteiger partial charge in [-0.15, -0.1) is 0 Å². The van der Waals surface area contributed by atoms with Crippen LogP contribution in [0, 0.1) is 24.7 Å². The summed E-state index contributed by atoms with van der Waals surface area (Å²) < 4.78 is 44.4. The molecule has 1 spiro atoms. The number of benzene rings is 1. The van der Waals surface area contributed by atoms with E-state index in [1.54, 1.807) is 12.1 Å².